The smallest absolute Gasteiger partial charge is 0.155 e. The van der Waals surface area contributed by atoms with Crippen LogP contribution in [0.3, 0.4) is 0 Å². The van der Waals surface area contributed by atoms with Crippen LogP contribution in [-0.4, -0.2) is 44.8 Å². The number of anilines is 1. The van der Waals surface area contributed by atoms with E-state index in [-0.39, 0.29) is 0 Å². The predicted molar refractivity (Wildman–Crippen MR) is 109 cm³/mol. The second-order valence-electron chi connectivity index (χ2n) is 7.52. The highest BCUT2D eigenvalue weighted by molar-refractivity contribution is 5.81. The van der Waals surface area contributed by atoms with E-state index < -0.39 is 0 Å². The molecule has 2 bridgehead atoms. The van der Waals surface area contributed by atoms with Gasteiger partial charge in [0.1, 0.15) is 11.5 Å². The van der Waals surface area contributed by atoms with Gasteiger partial charge >= 0.3 is 0 Å². The molecule has 2 atom stereocenters. The number of nitrogens with one attached hydrogen (secondary N) is 1. The van der Waals surface area contributed by atoms with Crippen LogP contribution in [0.4, 0.5) is 5.82 Å². The minimum Gasteiger partial charge on any atom is -0.349 e. The van der Waals surface area contributed by atoms with E-state index in [1.165, 1.54) is 6.42 Å². The van der Waals surface area contributed by atoms with E-state index in [1.807, 2.05) is 47.2 Å². The summed E-state index contributed by atoms with van der Waals surface area (Å²) in [5, 5.41) is 8.59. The lowest BCUT2D eigenvalue weighted by atomic mass is 10.1. The van der Waals surface area contributed by atoms with Gasteiger partial charge in [-0.05, 0) is 30.7 Å². The Morgan fingerprint density at radius 3 is 2.54 bits per heavy atom. The first kappa shape index (κ1) is 15.8. The van der Waals surface area contributed by atoms with Gasteiger partial charge in [0.2, 0.25) is 0 Å². The van der Waals surface area contributed by atoms with Gasteiger partial charge in [0.25, 0.3) is 0 Å². The lowest BCUT2D eigenvalue weighted by Crippen LogP contribution is -2.44. The third-order valence-corrected chi connectivity index (χ3v) is 5.82. The van der Waals surface area contributed by atoms with Gasteiger partial charge in [0.15, 0.2) is 5.65 Å². The molecule has 6 heteroatoms. The Bertz CT molecular complexity index is 1140. The normalized spacial score (nSPS) is 20.9. The third kappa shape index (κ3) is 2.42. The van der Waals surface area contributed by atoms with Gasteiger partial charge in [0, 0.05) is 48.7 Å². The molecular weight excluding hydrogens is 348 g/mol. The molecule has 2 aliphatic heterocycles. The first-order valence-corrected chi connectivity index (χ1v) is 9.72. The second-order valence-corrected chi connectivity index (χ2v) is 7.52. The van der Waals surface area contributed by atoms with Crippen LogP contribution in [0.1, 0.15) is 6.42 Å². The van der Waals surface area contributed by atoms with Crippen LogP contribution in [-0.2, 0) is 0 Å². The van der Waals surface area contributed by atoms with Crippen LogP contribution in [0.25, 0.3) is 28.2 Å². The molecule has 6 rings (SSSR count). The molecule has 6 nitrogen and oxygen atoms in total. The van der Waals surface area contributed by atoms with Crippen molar-refractivity contribution < 1.29 is 0 Å². The molecule has 1 N–H and O–H groups in total. The van der Waals surface area contributed by atoms with Gasteiger partial charge in [-0.15, -0.1) is 5.10 Å². The zero-order chi connectivity index (χ0) is 18.5. The van der Waals surface area contributed by atoms with Crippen molar-refractivity contribution >= 4 is 11.5 Å². The molecular formula is C22H20N6. The zero-order valence-corrected chi connectivity index (χ0v) is 15.4. The summed E-state index contributed by atoms with van der Waals surface area (Å²) in [4.78, 5) is 11.5. The summed E-state index contributed by atoms with van der Waals surface area (Å²) in [5.74, 6) is 1.02. The Balaban J connectivity index is 1.56. The fourth-order valence-corrected chi connectivity index (χ4v) is 4.48. The van der Waals surface area contributed by atoms with Crippen LogP contribution in [0.15, 0.2) is 67.0 Å². The topological polar surface area (TPSA) is 58.4 Å². The predicted octanol–water partition coefficient (Wildman–Crippen LogP) is 3.01. The SMILES string of the molecule is c1ccc(-c2nc3ccc(N4C[C@@H]5C[C@H]4CN5)nn3c2-c2ccncc2)cc1. The zero-order valence-electron chi connectivity index (χ0n) is 15.4. The molecule has 2 saturated heterocycles. The maximum Gasteiger partial charge on any atom is 0.155 e. The Hall–Kier alpha value is -3.25. The number of benzene rings is 1. The molecule has 4 aromatic rings. The number of piperazine rings is 1. The molecule has 0 amide bonds. The van der Waals surface area contributed by atoms with Gasteiger partial charge in [-0.2, -0.15) is 0 Å². The van der Waals surface area contributed by atoms with E-state index in [2.05, 4.69) is 39.5 Å². The van der Waals surface area contributed by atoms with Crippen molar-refractivity contribution in [2.24, 2.45) is 0 Å². The highest BCUT2D eigenvalue weighted by Gasteiger charge is 2.38. The quantitative estimate of drug-likeness (QED) is 0.602. The molecule has 2 fully saturated rings. The molecule has 0 saturated carbocycles. The monoisotopic (exact) mass is 368 g/mol. The molecule has 3 aromatic heterocycles. The number of pyridine rings is 1. The van der Waals surface area contributed by atoms with Crippen molar-refractivity contribution in [3.05, 3.63) is 67.0 Å². The molecule has 0 unspecified atom stereocenters. The van der Waals surface area contributed by atoms with Crippen molar-refractivity contribution in [2.75, 3.05) is 18.0 Å². The van der Waals surface area contributed by atoms with E-state index in [0.29, 0.717) is 12.1 Å². The van der Waals surface area contributed by atoms with Crippen molar-refractivity contribution in [1.82, 2.24) is 24.9 Å². The number of fused-ring (bicyclic) bond motifs is 3. The highest BCUT2D eigenvalue weighted by atomic mass is 15.4. The van der Waals surface area contributed by atoms with Crippen molar-refractivity contribution in [3.8, 4) is 22.5 Å². The van der Waals surface area contributed by atoms with Crippen LogP contribution in [0.5, 0.6) is 0 Å². The molecule has 2 aliphatic rings. The summed E-state index contributed by atoms with van der Waals surface area (Å²) in [6, 6.07) is 19.7. The first-order valence-electron chi connectivity index (χ1n) is 9.72. The summed E-state index contributed by atoms with van der Waals surface area (Å²) in [5.41, 5.74) is 4.97. The standard InChI is InChI=1S/C22H20N6/c1-2-4-15(5-3-1)21-22(16-8-10-23-11-9-16)28-19(25-21)6-7-20(26-28)27-14-17-12-18(27)13-24-17/h1-11,17-18,24H,12-14H2/t17-,18-/m0/s1. The van der Waals surface area contributed by atoms with E-state index in [1.54, 1.807) is 0 Å². The van der Waals surface area contributed by atoms with Gasteiger partial charge in [-0.1, -0.05) is 30.3 Å². The highest BCUT2D eigenvalue weighted by Crippen LogP contribution is 2.34. The molecule has 138 valence electrons. The van der Waals surface area contributed by atoms with Crippen molar-refractivity contribution in [2.45, 2.75) is 18.5 Å². The maximum atomic E-state index is 5.03. The average Bonchev–Trinajstić information content (AvgIpc) is 3.48. The van der Waals surface area contributed by atoms with E-state index in [0.717, 1.165) is 47.1 Å². The van der Waals surface area contributed by atoms with Gasteiger partial charge < -0.3 is 10.2 Å². The van der Waals surface area contributed by atoms with Crippen molar-refractivity contribution in [3.63, 3.8) is 0 Å². The van der Waals surface area contributed by atoms with E-state index in [4.69, 9.17) is 10.1 Å². The number of nitrogens with zero attached hydrogens (tertiary/aromatic N) is 5. The number of hydrogen-bond acceptors (Lipinski definition) is 5. The fourth-order valence-electron chi connectivity index (χ4n) is 4.48. The minimum absolute atomic E-state index is 0.538. The van der Waals surface area contributed by atoms with Gasteiger partial charge in [0.05, 0.1) is 5.69 Å². The summed E-state index contributed by atoms with van der Waals surface area (Å²) in [6.45, 7) is 2.06. The fraction of sp³-hybridized carbons (Fsp3) is 0.227. The summed E-state index contributed by atoms with van der Waals surface area (Å²) in [7, 11) is 0. The van der Waals surface area contributed by atoms with Crippen LogP contribution < -0.4 is 10.2 Å². The second kappa shape index (κ2) is 6.14. The third-order valence-electron chi connectivity index (χ3n) is 5.82. The minimum atomic E-state index is 0.538. The number of imidazole rings is 1. The van der Waals surface area contributed by atoms with Crippen LogP contribution in [0, 0.1) is 0 Å². The van der Waals surface area contributed by atoms with Crippen LogP contribution >= 0.6 is 0 Å². The summed E-state index contributed by atoms with van der Waals surface area (Å²) in [6.07, 6.45) is 4.84. The summed E-state index contributed by atoms with van der Waals surface area (Å²) >= 11 is 0. The molecule has 0 aliphatic carbocycles. The van der Waals surface area contributed by atoms with E-state index >= 15 is 0 Å². The average molecular weight is 368 g/mol. The van der Waals surface area contributed by atoms with Crippen LogP contribution in [0.2, 0.25) is 0 Å². The number of hydrogen-bond donors (Lipinski definition) is 1. The maximum absolute atomic E-state index is 5.03. The van der Waals surface area contributed by atoms with E-state index in [9.17, 15) is 0 Å². The molecule has 0 spiro atoms. The lowest BCUT2D eigenvalue weighted by Gasteiger charge is -2.28. The Labute approximate surface area is 162 Å². The van der Waals surface area contributed by atoms with Gasteiger partial charge in [-0.25, -0.2) is 9.50 Å². The largest absolute Gasteiger partial charge is 0.349 e. The molecule has 28 heavy (non-hydrogen) atoms. The lowest BCUT2D eigenvalue weighted by molar-refractivity contribution is 0.573. The molecule has 0 radical (unpaired) electrons. The Morgan fingerprint density at radius 1 is 0.929 bits per heavy atom. The number of rotatable bonds is 3. The van der Waals surface area contributed by atoms with Gasteiger partial charge in [-0.3, -0.25) is 4.98 Å². The van der Waals surface area contributed by atoms with Crippen molar-refractivity contribution in [1.29, 1.82) is 0 Å². The molecule has 1 aromatic carbocycles. The molecule has 5 heterocycles. The number of aromatic nitrogens is 4. The first-order chi connectivity index (χ1) is 13.9. The Morgan fingerprint density at radius 2 is 1.79 bits per heavy atom. The summed E-state index contributed by atoms with van der Waals surface area (Å²) < 4.78 is 1.99. The Kier molecular flexibility index (Phi) is 3.46.